The Morgan fingerprint density at radius 2 is 1.95 bits per heavy atom. The highest BCUT2D eigenvalue weighted by molar-refractivity contribution is 5.85. The molecule has 2 amide bonds. The minimum absolute atomic E-state index is 0.106. The van der Waals surface area contributed by atoms with E-state index in [4.69, 9.17) is 0 Å². The van der Waals surface area contributed by atoms with Gasteiger partial charge in [0.1, 0.15) is 0 Å². The van der Waals surface area contributed by atoms with E-state index in [1.54, 1.807) is 4.90 Å². The number of urea groups is 1. The molecule has 2 aromatic rings. The molecular formula is C15H19N3O. The lowest BCUT2D eigenvalue weighted by Gasteiger charge is -2.24. The molecule has 2 heterocycles. The number of rotatable bonds is 0. The Balaban J connectivity index is 1.89. The van der Waals surface area contributed by atoms with Crippen LogP contribution >= 0.6 is 0 Å². The summed E-state index contributed by atoms with van der Waals surface area (Å²) in [5.41, 5.74) is 3.87. The van der Waals surface area contributed by atoms with Gasteiger partial charge >= 0.3 is 6.03 Å². The van der Waals surface area contributed by atoms with Crippen LogP contribution in [0.1, 0.15) is 11.3 Å². The van der Waals surface area contributed by atoms with E-state index in [-0.39, 0.29) is 6.03 Å². The molecule has 4 heteroatoms. The maximum Gasteiger partial charge on any atom is 0.319 e. The zero-order chi connectivity index (χ0) is 13.4. The van der Waals surface area contributed by atoms with Crippen molar-refractivity contribution in [3.05, 3.63) is 35.5 Å². The van der Waals surface area contributed by atoms with Crippen molar-refractivity contribution >= 4 is 16.9 Å². The molecule has 3 rings (SSSR count). The topological polar surface area (TPSA) is 39.3 Å². The summed E-state index contributed by atoms with van der Waals surface area (Å²) in [6.45, 7) is 1.59. The second kappa shape index (κ2) is 4.61. The number of H-pyrrole nitrogens is 1. The van der Waals surface area contributed by atoms with Crippen LogP contribution in [0.15, 0.2) is 24.3 Å². The van der Waals surface area contributed by atoms with E-state index in [9.17, 15) is 4.79 Å². The van der Waals surface area contributed by atoms with Crippen LogP contribution in [0.3, 0.4) is 0 Å². The fourth-order valence-corrected chi connectivity index (χ4v) is 2.83. The van der Waals surface area contributed by atoms with E-state index in [1.165, 1.54) is 22.2 Å². The Bertz CT molecular complexity index is 615. The molecule has 0 saturated carbocycles. The number of aromatic amines is 1. The SMILES string of the molecule is CN(C)C(=O)N1CCc2[nH]c3ccccc3c2CC1. The molecule has 1 aromatic carbocycles. The van der Waals surface area contributed by atoms with Crippen molar-refractivity contribution in [3.63, 3.8) is 0 Å². The number of aromatic nitrogens is 1. The number of hydrogen-bond donors (Lipinski definition) is 1. The Hall–Kier alpha value is -1.97. The summed E-state index contributed by atoms with van der Waals surface area (Å²) >= 11 is 0. The van der Waals surface area contributed by atoms with E-state index in [0.29, 0.717) is 0 Å². The van der Waals surface area contributed by atoms with E-state index < -0.39 is 0 Å². The van der Waals surface area contributed by atoms with Gasteiger partial charge in [-0.2, -0.15) is 0 Å². The first-order valence-corrected chi connectivity index (χ1v) is 6.71. The monoisotopic (exact) mass is 257 g/mol. The predicted octanol–water partition coefficient (Wildman–Crippen LogP) is 2.25. The number of benzene rings is 1. The highest BCUT2D eigenvalue weighted by atomic mass is 16.2. The Morgan fingerprint density at radius 1 is 1.21 bits per heavy atom. The lowest BCUT2D eigenvalue weighted by molar-refractivity contribution is 0.173. The molecule has 0 bridgehead atoms. The smallest absolute Gasteiger partial charge is 0.319 e. The normalized spacial score (nSPS) is 15.2. The summed E-state index contributed by atoms with van der Waals surface area (Å²) < 4.78 is 0. The molecule has 0 unspecified atom stereocenters. The van der Waals surface area contributed by atoms with Crippen LogP contribution < -0.4 is 0 Å². The third-order valence-corrected chi connectivity index (χ3v) is 3.82. The second-order valence-electron chi connectivity index (χ2n) is 5.29. The number of nitrogens with zero attached hydrogens (tertiary/aromatic N) is 2. The van der Waals surface area contributed by atoms with Gasteiger partial charge in [0.25, 0.3) is 0 Å². The van der Waals surface area contributed by atoms with Crippen LogP contribution in [0.2, 0.25) is 0 Å². The Labute approximate surface area is 113 Å². The Kier molecular flexibility index (Phi) is 2.93. The summed E-state index contributed by atoms with van der Waals surface area (Å²) in [5, 5.41) is 1.30. The molecule has 0 fully saturated rings. The van der Waals surface area contributed by atoms with Crippen molar-refractivity contribution in [2.45, 2.75) is 12.8 Å². The van der Waals surface area contributed by atoms with Gasteiger partial charge in [0.15, 0.2) is 0 Å². The summed E-state index contributed by atoms with van der Waals surface area (Å²) in [5.74, 6) is 0. The van der Waals surface area contributed by atoms with Crippen LogP contribution in [0.4, 0.5) is 4.79 Å². The number of nitrogens with one attached hydrogen (secondary N) is 1. The number of hydrogen-bond acceptors (Lipinski definition) is 1. The van der Waals surface area contributed by atoms with Crippen LogP contribution in [0, 0.1) is 0 Å². The average Bonchev–Trinajstić information content (AvgIpc) is 2.63. The number of carbonyl (C=O) groups excluding carboxylic acids is 1. The van der Waals surface area contributed by atoms with E-state index in [2.05, 4.69) is 29.2 Å². The zero-order valence-electron chi connectivity index (χ0n) is 11.4. The van der Waals surface area contributed by atoms with Crippen molar-refractivity contribution < 1.29 is 4.79 Å². The highest BCUT2D eigenvalue weighted by Gasteiger charge is 2.21. The second-order valence-corrected chi connectivity index (χ2v) is 5.29. The lowest BCUT2D eigenvalue weighted by Crippen LogP contribution is -2.40. The zero-order valence-corrected chi connectivity index (χ0v) is 11.4. The Morgan fingerprint density at radius 3 is 2.74 bits per heavy atom. The van der Waals surface area contributed by atoms with Crippen LogP contribution in [-0.2, 0) is 12.8 Å². The van der Waals surface area contributed by atoms with Crippen molar-refractivity contribution in [1.82, 2.24) is 14.8 Å². The number of fused-ring (bicyclic) bond motifs is 3. The lowest BCUT2D eigenvalue weighted by atomic mass is 10.1. The molecule has 0 saturated heterocycles. The summed E-state index contributed by atoms with van der Waals surface area (Å²) in [4.78, 5) is 19.1. The van der Waals surface area contributed by atoms with E-state index in [1.807, 2.05) is 19.0 Å². The van der Waals surface area contributed by atoms with Gasteiger partial charge in [-0.05, 0) is 18.1 Å². The van der Waals surface area contributed by atoms with Crippen molar-refractivity contribution in [3.8, 4) is 0 Å². The van der Waals surface area contributed by atoms with Gasteiger partial charge < -0.3 is 14.8 Å². The molecular weight excluding hydrogens is 238 g/mol. The first-order chi connectivity index (χ1) is 9.16. The standard InChI is InChI=1S/C15H19N3O/c1-17(2)15(19)18-9-7-12-11-5-3-4-6-13(11)16-14(12)8-10-18/h3-6,16H,7-10H2,1-2H3. The van der Waals surface area contributed by atoms with Crippen molar-refractivity contribution in [1.29, 1.82) is 0 Å². The molecule has 19 heavy (non-hydrogen) atoms. The molecule has 1 aromatic heterocycles. The molecule has 0 radical (unpaired) electrons. The molecule has 0 aliphatic carbocycles. The molecule has 0 spiro atoms. The minimum atomic E-state index is 0.106. The fourth-order valence-electron chi connectivity index (χ4n) is 2.83. The van der Waals surface area contributed by atoms with Gasteiger partial charge in [-0.15, -0.1) is 0 Å². The van der Waals surface area contributed by atoms with Crippen LogP contribution in [0.5, 0.6) is 0 Å². The maximum absolute atomic E-state index is 12.0. The first-order valence-electron chi connectivity index (χ1n) is 6.71. The largest absolute Gasteiger partial charge is 0.358 e. The quantitative estimate of drug-likeness (QED) is 0.772. The first kappa shape index (κ1) is 12.1. The number of carbonyl (C=O) groups is 1. The van der Waals surface area contributed by atoms with Gasteiger partial charge in [-0.1, -0.05) is 18.2 Å². The number of amides is 2. The van der Waals surface area contributed by atoms with Crippen LogP contribution in [-0.4, -0.2) is 48.0 Å². The molecule has 1 N–H and O–H groups in total. The van der Waals surface area contributed by atoms with Gasteiger partial charge in [0, 0.05) is 50.2 Å². The summed E-state index contributed by atoms with van der Waals surface area (Å²) in [7, 11) is 3.61. The summed E-state index contributed by atoms with van der Waals surface area (Å²) in [6.07, 6.45) is 1.84. The molecule has 4 nitrogen and oxygen atoms in total. The maximum atomic E-state index is 12.0. The van der Waals surface area contributed by atoms with Crippen molar-refractivity contribution in [2.24, 2.45) is 0 Å². The molecule has 1 aliphatic rings. The van der Waals surface area contributed by atoms with Gasteiger partial charge in [0.05, 0.1) is 0 Å². The van der Waals surface area contributed by atoms with E-state index >= 15 is 0 Å². The van der Waals surface area contributed by atoms with Gasteiger partial charge in [-0.25, -0.2) is 4.79 Å². The summed E-state index contributed by atoms with van der Waals surface area (Å²) in [6, 6.07) is 8.51. The predicted molar refractivity (Wildman–Crippen MR) is 76.4 cm³/mol. The van der Waals surface area contributed by atoms with E-state index in [0.717, 1.165) is 25.9 Å². The minimum Gasteiger partial charge on any atom is -0.358 e. The van der Waals surface area contributed by atoms with Gasteiger partial charge in [-0.3, -0.25) is 0 Å². The third-order valence-electron chi connectivity index (χ3n) is 3.82. The van der Waals surface area contributed by atoms with Gasteiger partial charge in [0.2, 0.25) is 0 Å². The average molecular weight is 257 g/mol. The van der Waals surface area contributed by atoms with Crippen molar-refractivity contribution in [2.75, 3.05) is 27.2 Å². The third kappa shape index (κ3) is 2.07. The molecule has 1 aliphatic heterocycles. The highest BCUT2D eigenvalue weighted by Crippen LogP contribution is 2.25. The molecule has 0 atom stereocenters. The van der Waals surface area contributed by atoms with Crippen LogP contribution in [0.25, 0.3) is 10.9 Å². The number of para-hydroxylation sites is 1. The fraction of sp³-hybridized carbons (Fsp3) is 0.400. The molecule has 100 valence electrons.